The van der Waals surface area contributed by atoms with Crippen molar-refractivity contribution in [2.24, 2.45) is 4.99 Å². The molecule has 1 saturated heterocycles. The Hall–Kier alpha value is -2.73. The largest absolute Gasteiger partial charge is 0.486 e. The van der Waals surface area contributed by atoms with Crippen LogP contribution in [0.25, 0.3) is 6.08 Å². The maximum atomic E-state index is 13.1. The summed E-state index contributed by atoms with van der Waals surface area (Å²) < 4.78 is 11.2. The lowest BCUT2D eigenvalue weighted by molar-refractivity contribution is -0.113. The Balaban J connectivity index is 1.69. The van der Waals surface area contributed by atoms with E-state index in [4.69, 9.17) is 9.47 Å². The van der Waals surface area contributed by atoms with Crippen LogP contribution in [-0.2, 0) is 4.79 Å². The standard InChI is InChI=1S/C21H20N2O3S/c1-14(2)22-21-23(16-6-4-3-5-7-16)20(24)19(27-21)13-15-8-9-17-18(12-15)26-11-10-25-17/h3-9,12-14H,10-11H2,1-2H3/b19-13-,22-21?. The number of thioether (sulfide) groups is 1. The number of hydrogen-bond donors (Lipinski definition) is 0. The lowest BCUT2D eigenvalue weighted by Gasteiger charge is -2.18. The minimum absolute atomic E-state index is 0.0690. The van der Waals surface area contributed by atoms with Gasteiger partial charge in [0.2, 0.25) is 0 Å². The molecule has 0 saturated carbocycles. The number of benzene rings is 2. The highest BCUT2D eigenvalue weighted by atomic mass is 32.2. The molecule has 4 rings (SSSR count). The quantitative estimate of drug-likeness (QED) is 0.743. The lowest BCUT2D eigenvalue weighted by Crippen LogP contribution is -2.29. The van der Waals surface area contributed by atoms with Crippen LogP contribution < -0.4 is 14.4 Å². The molecule has 0 aromatic heterocycles. The van der Waals surface area contributed by atoms with Crippen molar-refractivity contribution in [3.05, 3.63) is 59.0 Å². The summed E-state index contributed by atoms with van der Waals surface area (Å²) in [5.41, 5.74) is 1.72. The third-order valence-electron chi connectivity index (χ3n) is 4.05. The fraction of sp³-hybridized carbons (Fsp3) is 0.238. The van der Waals surface area contributed by atoms with E-state index in [1.54, 1.807) is 4.90 Å². The molecule has 2 aromatic rings. The summed E-state index contributed by atoms with van der Waals surface area (Å²) in [5.74, 6) is 1.38. The summed E-state index contributed by atoms with van der Waals surface area (Å²) >= 11 is 1.40. The van der Waals surface area contributed by atoms with E-state index in [1.165, 1.54) is 11.8 Å². The van der Waals surface area contributed by atoms with E-state index in [9.17, 15) is 4.79 Å². The van der Waals surface area contributed by atoms with Crippen molar-refractivity contribution in [3.8, 4) is 11.5 Å². The second-order valence-electron chi connectivity index (χ2n) is 6.50. The first-order chi connectivity index (χ1) is 13.1. The zero-order chi connectivity index (χ0) is 18.8. The van der Waals surface area contributed by atoms with Crippen LogP contribution in [0.4, 0.5) is 5.69 Å². The minimum atomic E-state index is -0.0690. The van der Waals surface area contributed by atoms with Gasteiger partial charge in [0.05, 0.1) is 10.6 Å². The van der Waals surface area contributed by atoms with Crippen molar-refractivity contribution in [1.82, 2.24) is 0 Å². The molecule has 5 nitrogen and oxygen atoms in total. The van der Waals surface area contributed by atoms with Crippen molar-refractivity contribution in [1.29, 1.82) is 0 Å². The maximum absolute atomic E-state index is 13.1. The van der Waals surface area contributed by atoms with Crippen molar-refractivity contribution in [2.75, 3.05) is 18.1 Å². The average Bonchev–Trinajstić information content (AvgIpc) is 2.96. The number of aliphatic imine (C=N–C) groups is 1. The predicted octanol–water partition coefficient (Wildman–Crippen LogP) is 4.34. The molecule has 0 radical (unpaired) electrons. The van der Waals surface area contributed by atoms with E-state index in [1.807, 2.05) is 68.5 Å². The molecular weight excluding hydrogens is 360 g/mol. The summed E-state index contributed by atoms with van der Waals surface area (Å²) in [6.07, 6.45) is 1.88. The summed E-state index contributed by atoms with van der Waals surface area (Å²) in [6, 6.07) is 15.4. The second kappa shape index (κ2) is 7.48. The second-order valence-corrected chi connectivity index (χ2v) is 7.50. The number of amides is 1. The molecule has 2 aromatic carbocycles. The number of ether oxygens (including phenoxy) is 2. The average molecular weight is 380 g/mol. The van der Waals surface area contributed by atoms with Gasteiger partial charge in [0, 0.05) is 6.04 Å². The summed E-state index contributed by atoms with van der Waals surface area (Å²) in [5, 5.41) is 0.699. The highest BCUT2D eigenvalue weighted by Gasteiger charge is 2.34. The van der Waals surface area contributed by atoms with E-state index in [0.29, 0.717) is 29.0 Å². The van der Waals surface area contributed by atoms with Gasteiger partial charge < -0.3 is 9.47 Å². The Labute approximate surface area is 162 Å². The zero-order valence-corrected chi connectivity index (χ0v) is 16.0. The molecule has 0 aliphatic carbocycles. The first kappa shape index (κ1) is 17.7. The first-order valence-electron chi connectivity index (χ1n) is 8.88. The maximum Gasteiger partial charge on any atom is 0.271 e. The molecule has 2 aliphatic heterocycles. The number of para-hydroxylation sites is 1. The van der Waals surface area contributed by atoms with Crippen molar-refractivity contribution in [2.45, 2.75) is 19.9 Å². The van der Waals surface area contributed by atoms with Crippen LogP contribution in [0.3, 0.4) is 0 Å². The van der Waals surface area contributed by atoms with Crippen LogP contribution in [0.2, 0.25) is 0 Å². The fourth-order valence-electron chi connectivity index (χ4n) is 2.89. The van der Waals surface area contributed by atoms with Crippen LogP contribution in [-0.4, -0.2) is 30.3 Å². The lowest BCUT2D eigenvalue weighted by atomic mass is 10.1. The number of rotatable bonds is 3. The van der Waals surface area contributed by atoms with E-state index < -0.39 is 0 Å². The summed E-state index contributed by atoms with van der Waals surface area (Å²) in [7, 11) is 0. The van der Waals surface area contributed by atoms with Crippen molar-refractivity contribution >= 4 is 34.6 Å². The molecule has 1 fully saturated rings. The van der Waals surface area contributed by atoms with E-state index >= 15 is 0 Å². The first-order valence-corrected chi connectivity index (χ1v) is 9.70. The SMILES string of the molecule is CC(C)N=C1S/C(=C\c2ccc3c(c2)OCCO3)C(=O)N1c1ccccc1. The van der Waals surface area contributed by atoms with Crippen LogP contribution in [0, 0.1) is 0 Å². The zero-order valence-electron chi connectivity index (χ0n) is 15.2. The van der Waals surface area contributed by atoms with Crippen LogP contribution in [0.1, 0.15) is 19.4 Å². The van der Waals surface area contributed by atoms with Gasteiger partial charge in [0.15, 0.2) is 16.7 Å². The highest BCUT2D eigenvalue weighted by molar-refractivity contribution is 8.19. The van der Waals surface area contributed by atoms with Gasteiger partial charge in [-0.3, -0.25) is 14.7 Å². The predicted molar refractivity (Wildman–Crippen MR) is 109 cm³/mol. The smallest absolute Gasteiger partial charge is 0.271 e. The Kier molecular flexibility index (Phi) is 4.90. The van der Waals surface area contributed by atoms with Crippen molar-refractivity contribution < 1.29 is 14.3 Å². The molecule has 0 bridgehead atoms. The molecule has 1 amide bonds. The van der Waals surface area contributed by atoms with Gasteiger partial charge in [-0.25, -0.2) is 0 Å². The Morgan fingerprint density at radius 1 is 1.07 bits per heavy atom. The molecule has 0 atom stereocenters. The fourth-order valence-corrected chi connectivity index (χ4v) is 4.00. The molecule has 2 heterocycles. The molecule has 0 N–H and O–H groups in total. The van der Waals surface area contributed by atoms with Gasteiger partial charge in [-0.2, -0.15) is 0 Å². The summed E-state index contributed by atoms with van der Waals surface area (Å²) in [4.78, 5) is 20.0. The van der Waals surface area contributed by atoms with Gasteiger partial charge >= 0.3 is 0 Å². The van der Waals surface area contributed by atoms with Gasteiger partial charge in [-0.1, -0.05) is 24.3 Å². The molecular formula is C21H20N2O3S. The highest BCUT2D eigenvalue weighted by Crippen LogP contribution is 2.37. The monoisotopic (exact) mass is 380 g/mol. The topological polar surface area (TPSA) is 51.1 Å². The van der Waals surface area contributed by atoms with E-state index in [2.05, 4.69) is 4.99 Å². The summed E-state index contributed by atoms with van der Waals surface area (Å²) in [6.45, 7) is 5.10. The molecule has 138 valence electrons. The van der Waals surface area contributed by atoms with Gasteiger partial charge in [-0.15, -0.1) is 0 Å². The van der Waals surface area contributed by atoms with Gasteiger partial charge in [0.1, 0.15) is 13.2 Å². The van der Waals surface area contributed by atoms with E-state index in [0.717, 1.165) is 17.0 Å². The van der Waals surface area contributed by atoms with Crippen LogP contribution in [0.5, 0.6) is 11.5 Å². The Bertz CT molecular complexity index is 922. The minimum Gasteiger partial charge on any atom is -0.486 e. The molecule has 0 unspecified atom stereocenters. The normalized spacial score (nSPS) is 19.4. The van der Waals surface area contributed by atoms with E-state index in [-0.39, 0.29) is 11.9 Å². The molecule has 6 heteroatoms. The third-order valence-corrected chi connectivity index (χ3v) is 5.04. The van der Waals surface area contributed by atoms with Crippen LogP contribution in [0.15, 0.2) is 58.4 Å². The van der Waals surface area contributed by atoms with Gasteiger partial charge in [0.25, 0.3) is 5.91 Å². The number of hydrogen-bond acceptors (Lipinski definition) is 5. The molecule has 27 heavy (non-hydrogen) atoms. The number of carbonyl (C=O) groups is 1. The number of anilines is 1. The Morgan fingerprint density at radius 3 is 2.56 bits per heavy atom. The third kappa shape index (κ3) is 3.71. The van der Waals surface area contributed by atoms with Gasteiger partial charge in [-0.05, 0) is 61.5 Å². The van der Waals surface area contributed by atoms with Crippen LogP contribution >= 0.6 is 11.8 Å². The number of carbonyl (C=O) groups excluding carboxylic acids is 1. The Morgan fingerprint density at radius 2 is 1.81 bits per heavy atom. The molecule has 0 spiro atoms. The number of fused-ring (bicyclic) bond motifs is 1. The number of nitrogens with zero attached hydrogens (tertiary/aromatic N) is 2. The number of amidine groups is 1. The van der Waals surface area contributed by atoms with Crippen molar-refractivity contribution in [3.63, 3.8) is 0 Å². The molecule has 2 aliphatic rings.